The molecule has 4 amide bonds. The van der Waals surface area contributed by atoms with Gasteiger partial charge in [-0.3, -0.25) is 14.5 Å². The number of imide groups is 1. The van der Waals surface area contributed by atoms with E-state index in [4.69, 9.17) is 16.3 Å². The molecule has 0 spiro atoms. The highest BCUT2D eigenvalue weighted by Gasteiger charge is 2.43. The molecule has 0 bridgehead atoms. The number of amides is 4. The van der Waals surface area contributed by atoms with Gasteiger partial charge >= 0.3 is 6.03 Å². The van der Waals surface area contributed by atoms with Crippen molar-refractivity contribution in [3.05, 3.63) is 59.2 Å². The van der Waals surface area contributed by atoms with Gasteiger partial charge in [0.25, 0.3) is 5.91 Å². The van der Waals surface area contributed by atoms with E-state index < -0.39 is 29.9 Å². The second kappa shape index (κ2) is 8.31. The molecule has 0 saturated carbocycles. The average molecular weight is 441 g/mol. The number of rotatable bonds is 6. The molecule has 8 nitrogen and oxygen atoms in total. The number of anilines is 1. The lowest BCUT2D eigenvalue weighted by atomic mass is 10.0. The Morgan fingerprint density at radius 2 is 2.03 bits per heavy atom. The summed E-state index contributed by atoms with van der Waals surface area (Å²) in [5, 5.41) is 6.77. The van der Waals surface area contributed by atoms with Crippen LogP contribution in [0, 0.1) is 0 Å². The first-order chi connectivity index (χ1) is 14.9. The molecular formula is C22H21ClN4O4. The summed E-state index contributed by atoms with van der Waals surface area (Å²) in [4.78, 5) is 42.4. The summed E-state index contributed by atoms with van der Waals surface area (Å²) >= 11 is 6.00. The number of aromatic amines is 1. The number of hydrogen-bond acceptors (Lipinski definition) is 4. The van der Waals surface area contributed by atoms with E-state index >= 15 is 0 Å². The summed E-state index contributed by atoms with van der Waals surface area (Å²) in [5.74, 6) is -0.563. The van der Waals surface area contributed by atoms with Crippen molar-refractivity contribution in [2.75, 3.05) is 12.4 Å². The van der Waals surface area contributed by atoms with E-state index in [1.807, 2.05) is 30.5 Å². The monoisotopic (exact) mass is 440 g/mol. The molecule has 1 aromatic heterocycles. The minimum atomic E-state index is -1.02. The first-order valence-corrected chi connectivity index (χ1v) is 10.1. The molecule has 31 heavy (non-hydrogen) atoms. The predicted octanol–water partition coefficient (Wildman–Crippen LogP) is 3.32. The SMILES string of the molecule is COc1ccc(Cl)cc1NC(=O)[C@H](C)N1C(=O)N[C@H](Cc2c[nH]c3ccccc23)C1=O. The lowest BCUT2D eigenvalue weighted by molar-refractivity contribution is -0.133. The van der Waals surface area contributed by atoms with Crippen molar-refractivity contribution in [2.45, 2.75) is 25.4 Å². The zero-order chi connectivity index (χ0) is 22.1. The summed E-state index contributed by atoms with van der Waals surface area (Å²) in [7, 11) is 1.47. The van der Waals surface area contributed by atoms with Gasteiger partial charge in [0, 0.05) is 28.5 Å². The van der Waals surface area contributed by atoms with Crippen LogP contribution in [-0.2, 0) is 16.0 Å². The summed E-state index contributed by atoms with van der Waals surface area (Å²) in [6, 6.07) is 10.1. The Balaban J connectivity index is 1.49. The number of para-hydroxylation sites is 1. The van der Waals surface area contributed by atoms with Gasteiger partial charge in [0.15, 0.2) is 0 Å². The van der Waals surface area contributed by atoms with Crippen molar-refractivity contribution < 1.29 is 19.1 Å². The number of nitrogens with zero attached hydrogens (tertiary/aromatic N) is 1. The molecule has 160 valence electrons. The number of carbonyl (C=O) groups is 3. The molecule has 1 saturated heterocycles. The van der Waals surface area contributed by atoms with Crippen LogP contribution in [0.1, 0.15) is 12.5 Å². The second-order valence-electron chi connectivity index (χ2n) is 7.28. The van der Waals surface area contributed by atoms with Gasteiger partial charge in [-0.25, -0.2) is 4.79 Å². The number of ether oxygens (including phenoxy) is 1. The highest BCUT2D eigenvalue weighted by molar-refractivity contribution is 6.31. The summed E-state index contributed by atoms with van der Waals surface area (Å²) in [5.41, 5.74) is 2.22. The van der Waals surface area contributed by atoms with Crippen molar-refractivity contribution in [1.29, 1.82) is 0 Å². The van der Waals surface area contributed by atoms with E-state index in [9.17, 15) is 14.4 Å². The number of H-pyrrole nitrogens is 1. The largest absolute Gasteiger partial charge is 0.495 e. The van der Waals surface area contributed by atoms with Gasteiger partial charge < -0.3 is 20.4 Å². The second-order valence-corrected chi connectivity index (χ2v) is 7.72. The van der Waals surface area contributed by atoms with Gasteiger partial charge in [0.05, 0.1) is 12.8 Å². The zero-order valence-corrected chi connectivity index (χ0v) is 17.7. The molecule has 0 aliphatic carbocycles. The topological polar surface area (TPSA) is 104 Å². The zero-order valence-electron chi connectivity index (χ0n) is 16.9. The minimum absolute atomic E-state index is 0.321. The molecule has 2 aromatic carbocycles. The first-order valence-electron chi connectivity index (χ1n) is 9.72. The van der Waals surface area contributed by atoms with Gasteiger partial charge in [-0.05, 0) is 36.8 Å². The molecule has 3 aromatic rings. The van der Waals surface area contributed by atoms with E-state index in [1.165, 1.54) is 20.1 Å². The van der Waals surface area contributed by atoms with Crippen LogP contribution in [0.3, 0.4) is 0 Å². The molecule has 0 radical (unpaired) electrons. The number of nitrogens with one attached hydrogen (secondary N) is 3. The number of aromatic nitrogens is 1. The quantitative estimate of drug-likeness (QED) is 0.511. The Morgan fingerprint density at radius 3 is 2.81 bits per heavy atom. The maximum absolute atomic E-state index is 13.0. The molecule has 1 aliphatic rings. The standard InChI is InChI=1S/C22H21ClN4O4/c1-12(20(28)25-17-10-14(23)7-8-19(17)31-2)27-21(29)18(26-22(27)30)9-13-11-24-16-6-4-3-5-15(13)16/h3-8,10-12,18,24H,9H2,1-2H3,(H,25,28)(H,26,30)/t12-,18+/m0/s1. The normalized spacial score (nSPS) is 17.0. The Labute approximate surface area is 183 Å². The van der Waals surface area contributed by atoms with Crippen LogP contribution < -0.4 is 15.4 Å². The molecule has 1 fully saturated rings. The van der Waals surface area contributed by atoms with E-state index in [0.717, 1.165) is 21.4 Å². The summed E-state index contributed by atoms with van der Waals surface area (Å²) in [6.45, 7) is 1.50. The molecule has 0 unspecified atom stereocenters. The number of methoxy groups -OCH3 is 1. The minimum Gasteiger partial charge on any atom is -0.495 e. The van der Waals surface area contributed by atoms with Crippen molar-refractivity contribution >= 4 is 46.0 Å². The fraction of sp³-hybridized carbons (Fsp3) is 0.227. The third-order valence-electron chi connectivity index (χ3n) is 5.34. The lowest BCUT2D eigenvalue weighted by Crippen LogP contribution is -2.46. The third-order valence-corrected chi connectivity index (χ3v) is 5.57. The molecular weight excluding hydrogens is 420 g/mol. The Kier molecular flexibility index (Phi) is 5.56. The highest BCUT2D eigenvalue weighted by atomic mass is 35.5. The fourth-order valence-electron chi connectivity index (χ4n) is 3.71. The van der Waals surface area contributed by atoms with Crippen molar-refractivity contribution in [1.82, 2.24) is 15.2 Å². The van der Waals surface area contributed by atoms with Gasteiger partial charge in [-0.15, -0.1) is 0 Å². The molecule has 3 N–H and O–H groups in total. The van der Waals surface area contributed by atoms with Crippen LogP contribution >= 0.6 is 11.6 Å². The van der Waals surface area contributed by atoms with Crippen LogP contribution in [0.15, 0.2) is 48.7 Å². The van der Waals surface area contributed by atoms with E-state index in [0.29, 0.717) is 22.9 Å². The number of benzene rings is 2. The number of fused-ring (bicyclic) bond motifs is 1. The van der Waals surface area contributed by atoms with Gasteiger partial charge in [-0.2, -0.15) is 0 Å². The number of carbonyl (C=O) groups excluding carboxylic acids is 3. The van der Waals surface area contributed by atoms with Crippen LogP contribution in [0.5, 0.6) is 5.75 Å². The van der Waals surface area contributed by atoms with E-state index in [1.54, 1.807) is 12.1 Å². The van der Waals surface area contributed by atoms with Crippen molar-refractivity contribution in [3.8, 4) is 5.75 Å². The van der Waals surface area contributed by atoms with Gasteiger partial charge in [0.2, 0.25) is 5.91 Å². The van der Waals surface area contributed by atoms with Crippen molar-refractivity contribution in [3.63, 3.8) is 0 Å². The van der Waals surface area contributed by atoms with Crippen LogP contribution in [0.25, 0.3) is 10.9 Å². The smallest absolute Gasteiger partial charge is 0.325 e. The van der Waals surface area contributed by atoms with Crippen LogP contribution in [0.2, 0.25) is 5.02 Å². The Hall–Kier alpha value is -3.52. The Bertz CT molecular complexity index is 1180. The van der Waals surface area contributed by atoms with E-state index in [2.05, 4.69) is 15.6 Å². The molecule has 1 aliphatic heterocycles. The number of halogens is 1. The molecule has 2 heterocycles. The third kappa shape index (κ3) is 3.94. The van der Waals surface area contributed by atoms with E-state index in [-0.39, 0.29) is 0 Å². The molecule has 9 heteroatoms. The molecule has 2 atom stereocenters. The first kappa shape index (κ1) is 20.7. The molecule has 4 rings (SSSR count). The van der Waals surface area contributed by atoms with Crippen molar-refractivity contribution in [2.24, 2.45) is 0 Å². The van der Waals surface area contributed by atoms with Crippen LogP contribution in [-0.4, -0.2) is 46.9 Å². The highest BCUT2D eigenvalue weighted by Crippen LogP contribution is 2.28. The fourth-order valence-corrected chi connectivity index (χ4v) is 3.88. The predicted molar refractivity (Wildman–Crippen MR) is 117 cm³/mol. The average Bonchev–Trinajstić information content (AvgIpc) is 3.28. The Morgan fingerprint density at radius 1 is 1.26 bits per heavy atom. The maximum Gasteiger partial charge on any atom is 0.325 e. The van der Waals surface area contributed by atoms with Gasteiger partial charge in [0.1, 0.15) is 17.8 Å². The van der Waals surface area contributed by atoms with Gasteiger partial charge in [-0.1, -0.05) is 29.8 Å². The summed E-state index contributed by atoms with van der Waals surface area (Å²) < 4.78 is 5.22. The lowest BCUT2D eigenvalue weighted by Gasteiger charge is -2.21. The maximum atomic E-state index is 13.0. The van der Waals surface area contributed by atoms with Crippen LogP contribution in [0.4, 0.5) is 10.5 Å². The number of urea groups is 1. The number of hydrogen-bond donors (Lipinski definition) is 3. The summed E-state index contributed by atoms with van der Waals surface area (Å²) in [6.07, 6.45) is 2.15.